The molecule has 354 valence electrons. The molecule has 0 aliphatic heterocycles. The number of thiophene rings is 1. The lowest BCUT2D eigenvalue weighted by molar-refractivity contribution is 0.768. The molecule has 0 saturated carbocycles. The predicted octanol–water partition coefficient (Wildman–Crippen LogP) is 20.2. The van der Waals surface area contributed by atoms with E-state index in [1.54, 1.807) is 11.3 Å². The zero-order valence-electron chi connectivity index (χ0n) is 45.1. The number of hydrogen-bond donors (Lipinski definition) is 0. The van der Waals surface area contributed by atoms with E-state index in [-0.39, 0.29) is 29.9 Å². The number of hydrogen-bond acceptors (Lipinski definition) is 3. The lowest BCUT2D eigenvalue weighted by Crippen LogP contribution is -2.28. The largest absolute Gasteiger partial charge is 0.310 e. The monoisotopic (exact) mass is 978 g/mol. The first kappa shape index (κ1) is 40.2. The van der Waals surface area contributed by atoms with Gasteiger partial charge in [-0.15, -0.1) is 11.3 Å². The van der Waals surface area contributed by atoms with E-state index in [0.29, 0.717) is 11.1 Å². The molecule has 14 rings (SSSR count). The van der Waals surface area contributed by atoms with Gasteiger partial charge in [0.2, 0.25) is 0 Å². The number of fused-ring (bicyclic) bond motifs is 8. The highest BCUT2D eigenvalue weighted by atomic mass is 32.1. The Hall–Kier alpha value is -9.28. The van der Waals surface area contributed by atoms with Gasteiger partial charge in [-0.05, 0) is 158 Å². The Morgan fingerprint density at radius 1 is 0.373 bits per heavy atom. The van der Waals surface area contributed by atoms with Crippen molar-refractivity contribution in [3.8, 4) is 33.4 Å². The van der Waals surface area contributed by atoms with Crippen molar-refractivity contribution in [1.82, 2.24) is 0 Å². The van der Waals surface area contributed by atoms with Gasteiger partial charge in [-0.2, -0.15) is 0 Å². The highest BCUT2D eigenvalue weighted by molar-refractivity contribution is 7.26. The van der Waals surface area contributed by atoms with Crippen LogP contribution in [0.4, 0.5) is 34.1 Å². The number of anilines is 6. The van der Waals surface area contributed by atoms with Crippen LogP contribution in [0.25, 0.3) is 64.3 Å². The molecule has 1 aliphatic carbocycles. The van der Waals surface area contributed by atoms with E-state index in [4.69, 9.17) is 0 Å². The number of nitrogens with zero attached hydrogens (tertiary/aromatic N) is 2. The normalized spacial score (nSPS) is 13.2. The second-order valence-electron chi connectivity index (χ2n) is 19.3. The molecular weight excluding hydrogens is 925 g/mol. The first-order valence-electron chi connectivity index (χ1n) is 27.5. The molecule has 0 N–H and O–H groups in total. The molecule has 0 radical (unpaired) electrons. The standard InChI is InChI=1S/C72H50N2S/c1-49-43-67(74(55-30-10-4-11-31-55)56-32-12-5-13-33-56)71-68(44-49)75-69-48-64(60-37-14-15-40-63(60)70(69)71)52-26-21-35-58(46-52)73(57-34-20-25-51(45-57)50-23-6-2-7-24-50)59-36-22-29-54(47-59)72(53-27-8-3-9-28-53)65-41-18-16-38-61(65)62-39-17-19-42-66(62)72/h2-48H,1H3/i21D,26D,35D,46D. The van der Waals surface area contributed by atoms with Gasteiger partial charge in [0, 0.05) is 48.6 Å². The van der Waals surface area contributed by atoms with Crippen LogP contribution in [0.1, 0.15) is 33.3 Å². The van der Waals surface area contributed by atoms with Crippen molar-refractivity contribution in [3.05, 3.63) is 313 Å². The van der Waals surface area contributed by atoms with Crippen molar-refractivity contribution >= 4 is 76.4 Å². The Morgan fingerprint density at radius 2 is 0.907 bits per heavy atom. The van der Waals surface area contributed by atoms with E-state index in [1.165, 1.54) is 22.3 Å². The number of aryl methyl sites for hydroxylation is 1. The molecule has 3 heteroatoms. The van der Waals surface area contributed by atoms with Gasteiger partial charge in [-0.1, -0.05) is 206 Å². The lowest BCUT2D eigenvalue weighted by atomic mass is 9.67. The van der Waals surface area contributed by atoms with E-state index < -0.39 is 5.41 Å². The molecule has 75 heavy (non-hydrogen) atoms. The van der Waals surface area contributed by atoms with E-state index in [9.17, 15) is 5.48 Å². The highest BCUT2D eigenvalue weighted by Gasteiger charge is 2.46. The lowest BCUT2D eigenvalue weighted by Gasteiger charge is -2.35. The van der Waals surface area contributed by atoms with Crippen molar-refractivity contribution in [1.29, 1.82) is 0 Å². The maximum Gasteiger partial charge on any atom is 0.0714 e. The maximum absolute atomic E-state index is 10.6. The van der Waals surface area contributed by atoms with Crippen LogP contribution >= 0.6 is 11.3 Å². The molecule has 0 saturated heterocycles. The van der Waals surface area contributed by atoms with Crippen LogP contribution in [-0.4, -0.2) is 0 Å². The molecule has 0 bridgehead atoms. The van der Waals surface area contributed by atoms with E-state index in [0.717, 1.165) is 87.2 Å². The van der Waals surface area contributed by atoms with Crippen molar-refractivity contribution in [2.24, 2.45) is 0 Å². The highest BCUT2D eigenvalue weighted by Crippen LogP contribution is 2.57. The Labute approximate surface area is 447 Å². The number of benzene rings is 12. The van der Waals surface area contributed by atoms with Crippen LogP contribution in [0.2, 0.25) is 0 Å². The summed E-state index contributed by atoms with van der Waals surface area (Å²) in [6.45, 7) is 2.15. The Kier molecular flexibility index (Phi) is 9.83. The van der Waals surface area contributed by atoms with E-state index in [2.05, 4.69) is 218 Å². The van der Waals surface area contributed by atoms with Crippen molar-refractivity contribution < 1.29 is 5.48 Å². The van der Waals surface area contributed by atoms with Crippen LogP contribution in [-0.2, 0) is 5.41 Å². The minimum Gasteiger partial charge on any atom is -0.310 e. The summed E-state index contributed by atoms with van der Waals surface area (Å²) in [7, 11) is 0. The Bertz CT molecular complexity index is 4420. The van der Waals surface area contributed by atoms with Gasteiger partial charge in [0.05, 0.1) is 16.6 Å². The van der Waals surface area contributed by atoms with Crippen LogP contribution in [0.15, 0.2) is 285 Å². The molecule has 0 fully saturated rings. The maximum atomic E-state index is 10.6. The molecule has 0 spiro atoms. The predicted molar refractivity (Wildman–Crippen MR) is 319 cm³/mol. The van der Waals surface area contributed by atoms with Crippen molar-refractivity contribution in [3.63, 3.8) is 0 Å². The molecule has 1 heterocycles. The Morgan fingerprint density at radius 3 is 1.60 bits per heavy atom. The van der Waals surface area contributed by atoms with Crippen LogP contribution in [0, 0.1) is 6.92 Å². The minimum absolute atomic E-state index is 0.00248. The summed E-state index contributed by atoms with van der Waals surface area (Å²) < 4.78 is 42.4. The van der Waals surface area contributed by atoms with Gasteiger partial charge in [0.1, 0.15) is 0 Å². The first-order valence-corrected chi connectivity index (χ1v) is 26.3. The number of para-hydroxylation sites is 2. The van der Waals surface area contributed by atoms with E-state index >= 15 is 0 Å². The summed E-state index contributed by atoms with van der Waals surface area (Å²) in [4.78, 5) is 4.33. The van der Waals surface area contributed by atoms with Gasteiger partial charge in [0.25, 0.3) is 0 Å². The summed E-state index contributed by atoms with van der Waals surface area (Å²) in [5, 5.41) is 4.05. The second-order valence-corrected chi connectivity index (χ2v) is 20.4. The third kappa shape index (κ3) is 7.38. The average molecular weight is 979 g/mol. The smallest absolute Gasteiger partial charge is 0.0714 e. The van der Waals surface area contributed by atoms with Crippen molar-refractivity contribution in [2.75, 3.05) is 9.80 Å². The third-order valence-electron chi connectivity index (χ3n) is 15.0. The van der Waals surface area contributed by atoms with Crippen molar-refractivity contribution in [2.45, 2.75) is 12.3 Å². The Balaban J connectivity index is 1.03. The summed E-state index contributed by atoms with van der Waals surface area (Å²) in [6, 6.07) is 90.4. The van der Waals surface area contributed by atoms with Crippen LogP contribution < -0.4 is 9.80 Å². The fourth-order valence-electron chi connectivity index (χ4n) is 11.9. The van der Waals surface area contributed by atoms with E-state index in [1.807, 2.05) is 59.5 Å². The molecule has 0 unspecified atom stereocenters. The van der Waals surface area contributed by atoms with Crippen LogP contribution in [0.3, 0.4) is 0 Å². The third-order valence-corrected chi connectivity index (χ3v) is 16.1. The summed E-state index contributed by atoms with van der Waals surface area (Å²) >= 11 is 1.70. The fraction of sp³-hybridized carbons (Fsp3) is 0.0278. The molecule has 0 atom stereocenters. The van der Waals surface area contributed by atoms with Gasteiger partial charge in [-0.3, -0.25) is 0 Å². The molecule has 13 aromatic rings. The first-order chi connectivity index (χ1) is 38.8. The zero-order valence-corrected chi connectivity index (χ0v) is 41.9. The molecule has 0 amide bonds. The van der Waals surface area contributed by atoms with Gasteiger partial charge >= 0.3 is 0 Å². The van der Waals surface area contributed by atoms with Crippen LogP contribution in [0.5, 0.6) is 0 Å². The van der Waals surface area contributed by atoms with Gasteiger partial charge in [0.15, 0.2) is 0 Å². The molecule has 2 nitrogen and oxygen atoms in total. The average Bonchev–Trinajstić information content (AvgIpc) is 3.23. The SMILES string of the molecule is [2H]c1c([2H])c(-c2cc3sc4cc(C)cc(N(c5ccccc5)c5ccccc5)c4c3c3ccccc23)c([2H])c(N(c2cccc(-c3ccccc3)c2)c2cccc(C3(c4ccccc4)c4ccccc4-c4ccccc43)c2)c1[2H]. The van der Waals surface area contributed by atoms with Gasteiger partial charge < -0.3 is 9.80 Å². The van der Waals surface area contributed by atoms with Gasteiger partial charge in [-0.25, -0.2) is 0 Å². The minimum atomic E-state index is -0.720. The molecule has 1 aliphatic rings. The fourth-order valence-corrected chi connectivity index (χ4v) is 13.2. The molecule has 1 aromatic heterocycles. The second kappa shape index (κ2) is 18.3. The summed E-state index contributed by atoms with van der Waals surface area (Å²) in [5.74, 6) is 0. The summed E-state index contributed by atoms with van der Waals surface area (Å²) in [5.41, 5.74) is 15.0. The number of rotatable bonds is 10. The topological polar surface area (TPSA) is 6.48 Å². The quantitative estimate of drug-likeness (QED) is 0.135. The molecular formula is C72H50N2S. The molecule has 12 aromatic carbocycles. The zero-order chi connectivity index (χ0) is 53.4. The summed E-state index contributed by atoms with van der Waals surface area (Å²) in [6.07, 6.45) is 0.